The Hall–Kier alpha value is -2.18. The Morgan fingerprint density at radius 1 is 1.20 bits per heavy atom. The van der Waals surface area contributed by atoms with Gasteiger partial charge in [-0.1, -0.05) is 52.3 Å². The number of benzene rings is 2. The molecule has 6 heteroatoms. The maximum atomic E-state index is 5.37. The molecule has 0 radical (unpaired) electrons. The summed E-state index contributed by atoms with van der Waals surface area (Å²) >= 11 is 3.45. The van der Waals surface area contributed by atoms with E-state index in [-0.39, 0.29) is 6.04 Å². The molecule has 130 valence electrons. The Balaban J connectivity index is 1.65. The van der Waals surface area contributed by atoms with Gasteiger partial charge in [0, 0.05) is 16.1 Å². The average molecular weight is 402 g/mol. The summed E-state index contributed by atoms with van der Waals surface area (Å²) in [7, 11) is 1.67. The van der Waals surface area contributed by atoms with E-state index >= 15 is 0 Å². The summed E-state index contributed by atoms with van der Waals surface area (Å²) in [6.45, 7) is 2.66. The standard InChI is InChI=1S/C19H20BrN3O2/c1-3-17(13-7-9-16(24-2)10-8-13)21-12-18-22-19(23-25-18)14-5-4-6-15(20)11-14/h4-11,17,21H,3,12H2,1-2H3. The molecule has 5 nitrogen and oxygen atoms in total. The van der Waals surface area contributed by atoms with Crippen LogP contribution in [0.3, 0.4) is 0 Å². The van der Waals surface area contributed by atoms with Crippen molar-refractivity contribution in [3.05, 3.63) is 64.5 Å². The molecular formula is C19H20BrN3O2. The van der Waals surface area contributed by atoms with Crippen LogP contribution in [0.4, 0.5) is 0 Å². The van der Waals surface area contributed by atoms with E-state index in [9.17, 15) is 0 Å². The van der Waals surface area contributed by atoms with Crippen molar-refractivity contribution in [3.63, 3.8) is 0 Å². The van der Waals surface area contributed by atoms with Crippen LogP contribution in [0, 0.1) is 0 Å². The fourth-order valence-electron chi connectivity index (χ4n) is 2.62. The number of ether oxygens (including phenoxy) is 1. The maximum absolute atomic E-state index is 5.37. The van der Waals surface area contributed by atoms with Crippen molar-refractivity contribution >= 4 is 15.9 Å². The first kappa shape index (κ1) is 17.6. The third kappa shape index (κ3) is 4.46. The summed E-state index contributed by atoms with van der Waals surface area (Å²) in [4.78, 5) is 4.47. The first-order chi connectivity index (χ1) is 12.2. The minimum absolute atomic E-state index is 0.215. The first-order valence-corrected chi connectivity index (χ1v) is 8.94. The molecule has 2 aromatic carbocycles. The first-order valence-electron chi connectivity index (χ1n) is 8.15. The Morgan fingerprint density at radius 3 is 2.68 bits per heavy atom. The van der Waals surface area contributed by atoms with Crippen LogP contribution in [0.5, 0.6) is 5.75 Å². The van der Waals surface area contributed by atoms with Gasteiger partial charge in [-0.15, -0.1) is 0 Å². The lowest BCUT2D eigenvalue weighted by Gasteiger charge is -2.16. The summed E-state index contributed by atoms with van der Waals surface area (Å²) in [5.41, 5.74) is 2.13. The van der Waals surface area contributed by atoms with Gasteiger partial charge in [0.05, 0.1) is 13.7 Å². The largest absolute Gasteiger partial charge is 0.497 e. The number of nitrogens with one attached hydrogen (secondary N) is 1. The minimum Gasteiger partial charge on any atom is -0.497 e. The number of aromatic nitrogens is 2. The lowest BCUT2D eigenvalue weighted by Crippen LogP contribution is -2.20. The third-order valence-corrected chi connectivity index (χ3v) is 4.47. The normalized spacial score (nSPS) is 12.1. The Labute approximate surface area is 155 Å². The summed E-state index contributed by atoms with van der Waals surface area (Å²) in [5.74, 6) is 2.02. The fourth-order valence-corrected chi connectivity index (χ4v) is 3.02. The van der Waals surface area contributed by atoms with E-state index < -0.39 is 0 Å². The van der Waals surface area contributed by atoms with Crippen LogP contribution >= 0.6 is 15.9 Å². The predicted octanol–water partition coefficient (Wildman–Crippen LogP) is 4.75. The van der Waals surface area contributed by atoms with Gasteiger partial charge in [-0.05, 0) is 36.2 Å². The quantitative estimate of drug-likeness (QED) is 0.618. The van der Waals surface area contributed by atoms with Crippen molar-refractivity contribution in [2.75, 3.05) is 7.11 Å². The summed E-state index contributed by atoms with van der Waals surface area (Å²) in [5, 5.41) is 7.53. The molecule has 0 aliphatic carbocycles. The van der Waals surface area contributed by atoms with Crippen molar-refractivity contribution < 1.29 is 9.26 Å². The van der Waals surface area contributed by atoms with Crippen molar-refractivity contribution in [2.45, 2.75) is 25.9 Å². The number of halogens is 1. The smallest absolute Gasteiger partial charge is 0.240 e. The fraction of sp³-hybridized carbons (Fsp3) is 0.263. The van der Waals surface area contributed by atoms with Crippen LogP contribution in [0.15, 0.2) is 57.5 Å². The van der Waals surface area contributed by atoms with Crippen molar-refractivity contribution in [1.29, 1.82) is 0 Å². The molecule has 1 atom stereocenters. The van der Waals surface area contributed by atoms with Gasteiger partial charge in [-0.3, -0.25) is 0 Å². The SMILES string of the molecule is CCC(NCc1nc(-c2cccc(Br)c2)no1)c1ccc(OC)cc1. The van der Waals surface area contributed by atoms with Crippen molar-refractivity contribution in [3.8, 4) is 17.1 Å². The van der Waals surface area contributed by atoms with Crippen molar-refractivity contribution in [2.24, 2.45) is 0 Å². The zero-order valence-corrected chi connectivity index (χ0v) is 15.8. The molecule has 0 saturated carbocycles. The summed E-state index contributed by atoms with van der Waals surface area (Å²) in [6, 6.07) is 16.1. The molecule has 0 fully saturated rings. The lowest BCUT2D eigenvalue weighted by atomic mass is 10.0. The Bertz CT molecular complexity index is 818. The maximum Gasteiger partial charge on any atom is 0.240 e. The van der Waals surface area contributed by atoms with E-state index in [1.54, 1.807) is 7.11 Å². The Morgan fingerprint density at radius 2 is 2.00 bits per heavy atom. The molecule has 1 heterocycles. The van der Waals surface area contributed by atoms with Gasteiger partial charge in [0.25, 0.3) is 0 Å². The monoisotopic (exact) mass is 401 g/mol. The topological polar surface area (TPSA) is 60.2 Å². The predicted molar refractivity (Wildman–Crippen MR) is 100 cm³/mol. The summed E-state index contributed by atoms with van der Waals surface area (Å²) < 4.78 is 11.6. The molecular weight excluding hydrogens is 382 g/mol. The van der Waals surface area contributed by atoms with Crippen LogP contribution in [0.25, 0.3) is 11.4 Å². The highest BCUT2D eigenvalue weighted by molar-refractivity contribution is 9.10. The second-order valence-electron chi connectivity index (χ2n) is 5.64. The molecule has 1 N–H and O–H groups in total. The highest BCUT2D eigenvalue weighted by Crippen LogP contribution is 2.22. The number of hydrogen-bond acceptors (Lipinski definition) is 5. The van der Waals surface area contributed by atoms with E-state index in [1.165, 1.54) is 5.56 Å². The molecule has 3 aromatic rings. The minimum atomic E-state index is 0.215. The zero-order valence-electron chi connectivity index (χ0n) is 14.2. The second kappa shape index (κ2) is 8.27. The Kier molecular flexibility index (Phi) is 5.83. The van der Waals surface area contributed by atoms with Gasteiger partial charge in [-0.25, -0.2) is 0 Å². The van der Waals surface area contributed by atoms with Gasteiger partial charge < -0.3 is 14.6 Å². The average Bonchev–Trinajstić information content (AvgIpc) is 3.12. The van der Waals surface area contributed by atoms with Crippen LogP contribution in [0.1, 0.15) is 30.8 Å². The molecule has 1 unspecified atom stereocenters. The van der Waals surface area contributed by atoms with E-state index in [0.29, 0.717) is 18.3 Å². The number of hydrogen-bond donors (Lipinski definition) is 1. The zero-order chi connectivity index (χ0) is 17.6. The molecule has 0 saturated heterocycles. The van der Waals surface area contributed by atoms with Gasteiger partial charge in [0.2, 0.25) is 11.7 Å². The number of rotatable bonds is 7. The summed E-state index contributed by atoms with van der Waals surface area (Å²) in [6.07, 6.45) is 0.957. The molecule has 25 heavy (non-hydrogen) atoms. The molecule has 0 aliphatic rings. The lowest BCUT2D eigenvalue weighted by molar-refractivity contribution is 0.356. The van der Waals surface area contributed by atoms with Gasteiger partial charge in [0.1, 0.15) is 5.75 Å². The second-order valence-corrected chi connectivity index (χ2v) is 6.55. The number of nitrogens with zero attached hydrogens (tertiary/aromatic N) is 2. The molecule has 0 spiro atoms. The van der Waals surface area contributed by atoms with Crippen LogP contribution in [-0.4, -0.2) is 17.3 Å². The van der Waals surface area contributed by atoms with Crippen LogP contribution < -0.4 is 10.1 Å². The molecule has 0 bridgehead atoms. The molecule has 0 aliphatic heterocycles. The van der Waals surface area contributed by atoms with Crippen molar-refractivity contribution in [1.82, 2.24) is 15.5 Å². The molecule has 3 rings (SSSR count). The number of methoxy groups -OCH3 is 1. The van der Waals surface area contributed by atoms with Crippen LogP contribution in [-0.2, 0) is 6.54 Å². The van der Waals surface area contributed by atoms with Crippen LogP contribution in [0.2, 0.25) is 0 Å². The van der Waals surface area contributed by atoms with Gasteiger partial charge >= 0.3 is 0 Å². The van der Waals surface area contributed by atoms with E-state index in [1.807, 2.05) is 36.4 Å². The van der Waals surface area contributed by atoms with Gasteiger partial charge in [0.15, 0.2) is 0 Å². The van der Waals surface area contributed by atoms with Gasteiger partial charge in [-0.2, -0.15) is 4.98 Å². The highest BCUT2D eigenvalue weighted by Gasteiger charge is 2.13. The highest BCUT2D eigenvalue weighted by atomic mass is 79.9. The molecule has 1 aromatic heterocycles. The third-order valence-electron chi connectivity index (χ3n) is 3.98. The van der Waals surface area contributed by atoms with E-state index in [4.69, 9.17) is 9.26 Å². The van der Waals surface area contributed by atoms with E-state index in [2.05, 4.69) is 50.4 Å². The molecule has 0 amide bonds. The van der Waals surface area contributed by atoms with E-state index in [0.717, 1.165) is 22.2 Å².